The quantitative estimate of drug-likeness (QED) is 0.788. The molecule has 0 spiro atoms. The summed E-state index contributed by atoms with van der Waals surface area (Å²) in [6, 6.07) is 6.61. The molecule has 0 saturated carbocycles. The predicted molar refractivity (Wildman–Crippen MR) is 67.7 cm³/mol. The molecule has 0 bridgehead atoms. The summed E-state index contributed by atoms with van der Waals surface area (Å²) in [5, 5.41) is 0.299. The Morgan fingerprint density at radius 1 is 1.18 bits per heavy atom. The molecular weight excluding hydrogens is 282 g/mol. The number of nitrogens with zero attached hydrogens (tertiary/aromatic N) is 2. The minimum absolute atomic E-state index is 0.0693. The first kappa shape index (κ1) is 12.3. The molecule has 1 heterocycles. The van der Waals surface area contributed by atoms with Crippen LogP contribution in [0.4, 0.5) is 0 Å². The normalized spacial score (nSPS) is 10.3. The van der Waals surface area contributed by atoms with Gasteiger partial charge < -0.3 is 0 Å². The lowest BCUT2D eigenvalue weighted by Crippen LogP contribution is -1.99. The number of carbonyl (C=O) groups excluding carboxylic acids is 1. The minimum atomic E-state index is -0.718. The molecule has 3 nitrogen and oxygen atoms in total. The van der Waals surface area contributed by atoms with Gasteiger partial charge in [-0.2, -0.15) is 0 Å². The summed E-state index contributed by atoms with van der Waals surface area (Å²) in [4.78, 5) is 18.7. The van der Waals surface area contributed by atoms with Gasteiger partial charge >= 0.3 is 0 Å². The average Bonchev–Trinajstić information content (AvgIpc) is 2.32. The molecule has 0 fully saturated rings. The Labute approximate surface area is 112 Å². The summed E-state index contributed by atoms with van der Waals surface area (Å²) in [6.07, 6.45) is 1.44. The first-order chi connectivity index (χ1) is 8.08. The Morgan fingerprint density at radius 3 is 2.65 bits per heavy atom. The minimum Gasteiger partial charge on any atom is -0.272 e. The summed E-state index contributed by atoms with van der Waals surface area (Å²) in [5.41, 5.74) is 1.12. The van der Waals surface area contributed by atoms with Gasteiger partial charge in [-0.15, -0.1) is 0 Å². The van der Waals surface area contributed by atoms with Crippen molar-refractivity contribution in [3.8, 4) is 11.3 Å². The molecule has 1 aromatic heterocycles. The van der Waals surface area contributed by atoms with Crippen LogP contribution in [0.25, 0.3) is 11.3 Å². The van der Waals surface area contributed by atoms with Gasteiger partial charge in [0.1, 0.15) is 0 Å². The lowest BCUT2D eigenvalue weighted by molar-refractivity contribution is 0.107. The van der Waals surface area contributed by atoms with Crippen LogP contribution in [0, 0.1) is 0 Å². The SMILES string of the molecule is O=C(Cl)c1nccc(-c2cc(Cl)ccc2Cl)n1. The number of benzene rings is 1. The van der Waals surface area contributed by atoms with Crippen LogP contribution in [-0.4, -0.2) is 15.2 Å². The van der Waals surface area contributed by atoms with Gasteiger partial charge in [0.05, 0.1) is 10.7 Å². The smallest absolute Gasteiger partial charge is 0.272 e. The Kier molecular flexibility index (Phi) is 3.62. The average molecular weight is 288 g/mol. The third kappa shape index (κ3) is 2.75. The van der Waals surface area contributed by atoms with E-state index in [1.54, 1.807) is 24.3 Å². The van der Waals surface area contributed by atoms with E-state index in [9.17, 15) is 4.79 Å². The predicted octanol–water partition coefficient (Wildman–Crippen LogP) is 3.83. The van der Waals surface area contributed by atoms with Crippen molar-refractivity contribution in [2.24, 2.45) is 0 Å². The van der Waals surface area contributed by atoms with Crippen molar-refractivity contribution in [1.29, 1.82) is 0 Å². The van der Waals surface area contributed by atoms with Gasteiger partial charge in [0, 0.05) is 16.8 Å². The topological polar surface area (TPSA) is 42.9 Å². The maximum Gasteiger partial charge on any atom is 0.289 e. The highest BCUT2D eigenvalue weighted by Crippen LogP contribution is 2.29. The second-order valence-electron chi connectivity index (χ2n) is 3.16. The van der Waals surface area contributed by atoms with Crippen LogP contribution in [0.1, 0.15) is 10.6 Å². The largest absolute Gasteiger partial charge is 0.289 e. The first-order valence-corrected chi connectivity index (χ1v) is 5.69. The summed E-state index contributed by atoms with van der Waals surface area (Å²) in [7, 11) is 0. The van der Waals surface area contributed by atoms with Crippen molar-refractivity contribution in [2.75, 3.05) is 0 Å². The van der Waals surface area contributed by atoms with Crippen LogP contribution in [0.15, 0.2) is 30.5 Å². The summed E-state index contributed by atoms with van der Waals surface area (Å²) in [5.74, 6) is -0.0693. The maximum atomic E-state index is 11.0. The molecule has 17 heavy (non-hydrogen) atoms. The van der Waals surface area contributed by atoms with Crippen molar-refractivity contribution in [2.45, 2.75) is 0 Å². The molecule has 0 amide bonds. The highest BCUT2D eigenvalue weighted by Gasteiger charge is 2.10. The summed E-state index contributed by atoms with van der Waals surface area (Å²) >= 11 is 17.2. The second kappa shape index (κ2) is 5.00. The molecule has 0 atom stereocenters. The van der Waals surface area contributed by atoms with E-state index in [1.807, 2.05) is 0 Å². The maximum absolute atomic E-state index is 11.0. The lowest BCUT2D eigenvalue weighted by Gasteiger charge is -2.04. The molecule has 6 heteroatoms. The fourth-order valence-electron chi connectivity index (χ4n) is 1.30. The van der Waals surface area contributed by atoms with Gasteiger partial charge in [-0.05, 0) is 35.9 Å². The number of hydrogen-bond acceptors (Lipinski definition) is 3. The van der Waals surface area contributed by atoms with E-state index >= 15 is 0 Å². The molecule has 2 rings (SSSR count). The highest BCUT2D eigenvalue weighted by molar-refractivity contribution is 6.67. The Hall–Kier alpha value is -1.16. The monoisotopic (exact) mass is 286 g/mol. The zero-order valence-corrected chi connectivity index (χ0v) is 10.6. The van der Waals surface area contributed by atoms with E-state index in [1.165, 1.54) is 6.20 Å². The molecule has 86 valence electrons. The van der Waals surface area contributed by atoms with Gasteiger partial charge in [0.25, 0.3) is 5.24 Å². The van der Waals surface area contributed by atoms with Crippen molar-refractivity contribution >= 4 is 40.0 Å². The van der Waals surface area contributed by atoms with E-state index in [2.05, 4.69) is 9.97 Å². The van der Waals surface area contributed by atoms with Crippen molar-refractivity contribution in [1.82, 2.24) is 9.97 Å². The van der Waals surface area contributed by atoms with Crippen LogP contribution >= 0.6 is 34.8 Å². The third-order valence-electron chi connectivity index (χ3n) is 2.04. The third-order valence-corrected chi connectivity index (χ3v) is 2.77. The van der Waals surface area contributed by atoms with E-state index in [0.717, 1.165) is 0 Å². The number of halogens is 3. The summed E-state index contributed by atoms with van der Waals surface area (Å²) in [6.45, 7) is 0. The molecular formula is C11H5Cl3N2O. The number of aromatic nitrogens is 2. The van der Waals surface area contributed by atoms with Gasteiger partial charge in [-0.1, -0.05) is 23.2 Å². The van der Waals surface area contributed by atoms with Crippen LogP contribution in [0.2, 0.25) is 10.0 Å². The first-order valence-electron chi connectivity index (χ1n) is 4.56. The van der Waals surface area contributed by atoms with Gasteiger partial charge in [0.2, 0.25) is 5.82 Å². The van der Waals surface area contributed by atoms with Gasteiger partial charge in [0.15, 0.2) is 0 Å². The Balaban J connectivity index is 2.56. The van der Waals surface area contributed by atoms with E-state index in [4.69, 9.17) is 34.8 Å². The fourth-order valence-corrected chi connectivity index (χ4v) is 1.77. The molecule has 0 N–H and O–H groups in total. The van der Waals surface area contributed by atoms with E-state index in [0.29, 0.717) is 21.3 Å². The molecule has 2 aromatic rings. The molecule has 0 radical (unpaired) electrons. The Morgan fingerprint density at radius 2 is 1.94 bits per heavy atom. The molecule has 0 aliphatic carbocycles. The number of rotatable bonds is 2. The van der Waals surface area contributed by atoms with E-state index < -0.39 is 5.24 Å². The number of hydrogen-bond donors (Lipinski definition) is 0. The summed E-state index contributed by atoms with van der Waals surface area (Å²) < 4.78 is 0. The van der Waals surface area contributed by atoms with Crippen molar-refractivity contribution in [3.63, 3.8) is 0 Å². The van der Waals surface area contributed by atoms with Crippen LogP contribution in [-0.2, 0) is 0 Å². The van der Waals surface area contributed by atoms with Gasteiger partial charge in [-0.25, -0.2) is 9.97 Å². The standard InChI is InChI=1S/C11H5Cl3N2O/c12-6-1-2-8(13)7(5-6)9-3-4-15-11(16-9)10(14)17/h1-5H. The second-order valence-corrected chi connectivity index (χ2v) is 4.35. The van der Waals surface area contributed by atoms with Crippen molar-refractivity contribution < 1.29 is 4.79 Å². The highest BCUT2D eigenvalue weighted by atomic mass is 35.5. The van der Waals surface area contributed by atoms with Crippen LogP contribution in [0.3, 0.4) is 0 Å². The lowest BCUT2D eigenvalue weighted by atomic mass is 10.1. The molecule has 0 unspecified atom stereocenters. The van der Waals surface area contributed by atoms with Crippen LogP contribution in [0.5, 0.6) is 0 Å². The van der Waals surface area contributed by atoms with Crippen LogP contribution < -0.4 is 0 Å². The Bertz CT molecular complexity index is 587. The van der Waals surface area contributed by atoms with Gasteiger partial charge in [-0.3, -0.25) is 4.79 Å². The molecule has 0 saturated heterocycles. The zero-order chi connectivity index (χ0) is 12.4. The molecule has 0 aliphatic heterocycles. The molecule has 0 aliphatic rings. The fraction of sp³-hybridized carbons (Fsp3) is 0. The molecule has 1 aromatic carbocycles. The van der Waals surface area contributed by atoms with Crippen molar-refractivity contribution in [3.05, 3.63) is 46.3 Å². The van der Waals surface area contributed by atoms with E-state index in [-0.39, 0.29) is 5.82 Å². The number of carbonyl (C=O) groups is 1. The zero-order valence-electron chi connectivity index (χ0n) is 8.32.